The second-order valence-electron chi connectivity index (χ2n) is 6.56. The molecule has 1 unspecified atom stereocenters. The minimum Gasteiger partial charge on any atom is -0.360 e. The Morgan fingerprint density at radius 1 is 1.43 bits per heavy atom. The SMILES string of the molecule is CCCN(C(=O)CSc1nnc(NCCc2cccs2)s1)C1CCS(=O)(=O)C1. The molecule has 3 rings (SSSR count). The number of thioether (sulfide) groups is 1. The molecule has 2 aromatic rings. The van der Waals surface area contributed by atoms with Gasteiger partial charge in [-0.2, -0.15) is 0 Å². The molecule has 1 N–H and O–H groups in total. The lowest BCUT2D eigenvalue weighted by Crippen LogP contribution is -2.42. The molecule has 11 heteroatoms. The van der Waals surface area contributed by atoms with Gasteiger partial charge in [-0.15, -0.1) is 21.5 Å². The summed E-state index contributed by atoms with van der Waals surface area (Å²) in [6.07, 6.45) is 2.29. The normalized spacial score (nSPS) is 18.2. The van der Waals surface area contributed by atoms with Crippen LogP contribution < -0.4 is 5.32 Å². The van der Waals surface area contributed by atoms with Crippen LogP contribution in [0.5, 0.6) is 0 Å². The largest absolute Gasteiger partial charge is 0.360 e. The van der Waals surface area contributed by atoms with E-state index in [-0.39, 0.29) is 29.2 Å². The molecule has 0 spiro atoms. The first-order valence-electron chi connectivity index (χ1n) is 9.19. The van der Waals surface area contributed by atoms with Crippen LogP contribution >= 0.6 is 34.4 Å². The van der Waals surface area contributed by atoms with Gasteiger partial charge in [-0.3, -0.25) is 4.79 Å². The Labute approximate surface area is 177 Å². The van der Waals surface area contributed by atoms with Crippen LogP contribution in [0.2, 0.25) is 0 Å². The van der Waals surface area contributed by atoms with Crippen molar-refractivity contribution in [1.82, 2.24) is 15.1 Å². The van der Waals surface area contributed by atoms with Gasteiger partial charge in [0.15, 0.2) is 14.2 Å². The van der Waals surface area contributed by atoms with Crippen molar-refractivity contribution in [2.45, 2.75) is 36.6 Å². The monoisotopic (exact) mass is 460 g/mol. The van der Waals surface area contributed by atoms with Gasteiger partial charge in [-0.1, -0.05) is 36.1 Å². The van der Waals surface area contributed by atoms with Crippen molar-refractivity contribution in [3.63, 3.8) is 0 Å². The summed E-state index contributed by atoms with van der Waals surface area (Å²) < 4.78 is 24.2. The maximum Gasteiger partial charge on any atom is 0.233 e. The van der Waals surface area contributed by atoms with Crippen LogP contribution in [0.4, 0.5) is 5.13 Å². The first-order valence-corrected chi connectivity index (χ1v) is 13.7. The summed E-state index contributed by atoms with van der Waals surface area (Å²) in [6.45, 7) is 3.38. The molecule has 154 valence electrons. The van der Waals surface area contributed by atoms with E-state index in [2.05, 4.69) is 27.0 Å². The van der Waals surface area contributed by atoms with Crippen LogP contribution in [0.15, 0.2) is 21.9 Å². The number of thiophene rings is 1. The zero-order chi connectivity index (χ0) is 20.0. The van der Waals surface area contributed by atoms with E-state index in [1.807, 2.05) is 13.0 Å². The lowest BCUT2D eigenvalue weighted by molar-refractivity contribution is -0.130. The van der Waals surface area contributed by atoms with Crippen molar-refractivity contribution in [1.29, 1.82) is 0 Å². The fourth-order valence-electron chi connectivity index (χ4n) is 3.07. The van der Waals surface area contributed by atoms with E-state index in [9.17, 15) is 13.2 Å². The topological polar surface area (TPSA) is 92.3 Å². The highest BCUT2D eigenvalue weighted by Gasteiger charge is 2.34. The van der Waals surface area contributed by atoms with E-state index in [0.717, 1.165) is 28.9 Å². The summed E-state index contributed by atoms with van der Waals surface area (Å²) in [7, 11) is -3.01. The fourth-order valence-corrected chi connectivity index (χ4v) is 7.17. The molecule has 2 aromatic heterocycles. The molecule has 1 fully saturated rings. The molecular formula is C17H24N4O3S4. The Kier molecular flexibility index (Phi) is 7.72. The molecule has 0 radical (unpaired) electrons. The highest BCUT2D eigenvalue weighted by molar-refractivity contribution is 8.01. The van der Waals surface area contributed by atoms with E-state index in [4.69, 9.17) is 0 Å². The molecule has 1 amide bonds. The predicted molar refractivity (Wildman–Crippen MR) is 116 cm³/mol. The van der Waals surface area contributed by atoms with Gasteiger partial charge in [0.2, 0.25) is 11.0 Å². The third kappa shape index (κ3) is 6.16. The van der Waals surface area contributed by atoms with Gasteiger partial charge in [0.1, 0.15) is 0 Å². The highest BCUT2D eigenvalue weighted by atomic mass is 32.2. The standard InChI is InChI=1S/C17H24N4O3S4/c1-2-8-21(13-6-10-28(23,24)12-13)15(22)11-26-17-20-19-16(27-17)18-7-5-14-4-3-9-25-14/h3-4,9,13H,2,5-8,10-12H2,1H3,(H,18,19). The fraction of sp³-hybridized carbons (Fsp3) is 0.588. The first-order chi connectivity index (χ1) is 13.5. The zero-order valence-corrected chi connectivity index (χ0v) is 18.9. The molecular weight excluding hydrogens is 436 g/mol. The predicted octanol–water partition coefficient (Wildman–Crippen LogP) is 2.77. The molecule has 1 aliphatic heterocycles. The van der Waals surface area contributed by atoms with E-state index in [1.165, 1.54) is 28.0 Å². The molecule has 1 aliphatic rings. The van der Waals surface area contributed by atoms with Crippen LogP contribution in [0.25, 0.3) is 0 Å². The number of hydrogen-bond acceptors (Lipinski definition) is 9. The Morgan fingerprint density at radius 2 is 2.29 bits per heavy atom. The van der Waals surface area contributed by atoms with Gasteiger partial charge < -0.3 is 10.2 Å². The van der Waals surface area contributed by atoms with Crippen LogP contribution in [-0.2, 0) is 21.1 Å². The Balaban J connectivity index is 1.47. The molecule has 0 bridgehead atoms. The van der Waals surface area contributed by atoms with Gasteiger partial charge in [-0.05, 0) is 30.7 Å². The number of sulfone groups is 1. The van der Waals surface area contributed by atoms with E-state index < -0.39 is 9.84 Å². The number of hydrogen-bond donors (Lipinski definition) is 1. The molecule has 0 aromatic carbocycles. The number of amides is 1. The Hall–Kier alpha value is -1.17. The lowest BCUT2D eigenvalue weighted by Gasteiger charge is -2.27. The molecule has 28 heavy (non-hydrogen) atoms. The number of nitrogens with one attached hydrogen (secondary N) is 1. The average Bonchev–Trinajstić information content (AvgIpc) is 3.39. The van der Waals surface area contributed by atoms with Crippen molar-refractivity contribution >= 4 is 55.3 Å². The van der Waals surface area contributed by atoms with Gasteiger partial charge in [0.05, 0.1) is 17.3 Å². The smallest absolute Gasteiger partial charge is 0.233 e. The van der Waals surface area contributed by atoms with E-state index in [0.29, 0.717) is 13.0 Å². The van der Waals surface area contributed by atoms with Gasteiger partial charge in [0.25, 0.3) is 0 Å². The third-order valence-electron chi connectivity index (χ3n) is 4.39. The number of carbonyl (C=O) groups is 1. The van der Waals surface area contributed by atoms with Crippen molar-refractivity contribution in [2.24, 2.45) is 0 Å². The van der Waals surface area contributed by atoms with E-state index >= 15 is 0 Å². The number of aromatic nitrogens is 2. The summed E-state index contributed by atoms with van der Waals surface area (Å²) in [5.41, 5.74) is 0. The first kappa shape index (κ1) is 21.5. The molecule has 1 atom stereocenters. The second-order valence-corrected chi connectivity index (χ2v) is 12.0. The van der Waals surface area contributed by atoms with Gasteiger partial charge in [-0.25, -0.2) is 8.42 Å². The van der Waals surface area contributed by atoms with Crippen molar-refractivity contribution in [2.75, 3.05) is 35.7 Å². The molecule has 0 saturated carbocycles. The van der Waals surface area contributed by atoms with Crippen molar-refractivity contribution < 1.29 is 13.2 Å². The van der Waals surface area contributed by atoms with Gasteiger partial charge >= 0.3 is 0 Å². The van der Waals surface area contributed by atoms with Crippen molar-refractivity contribution in [3.05, 3.63) is 22.4 Å². The van der Waals surface area contributed by atoms with E-state index in [1.54, 1.807) is 16.2 Å². The number of anilines is 1. The second kappa shape index (κ2) is 10.0. The summed E-state index contributed by atoms with van der Waals surface area (Å²) >= 11 is 4.53. The summed E-state index contributed by atoms with van der Waals surface area (Å²) in [6, 6.07) is 3.96. The van der Waals surface area contributed by atoms with Gasteiger partial charge in [0, 0.05) is 24.0 Å². The molecule has 1 saturated heterocycles. The van der Waals surface area contributed by atoms with Crippen LogP contribution in [0.3, 0.4) is 0 Å². The minimum atomic E-state index is -3.01. The summed E-state index contributed by atoms with van der Waals surface area (Å²) in [4.78, 5) is 15.7. The third-order valence-corrected chi connectivity index (χ3v) is 9.07. The summed E-state index contributed by atoms with van der Waals surface area (Å²) in [5, 5.41) is 14.3. The molecule has 7 nitrogen and oxygen atoms in total. The minimum absolute atomic E-state index is 0.0312. The quantitative estimate of drug-likeness (QED) is 0.545. The average molecular weight is 461 g/mol. The lowest BCUT2D eigenvalue weighted by atomic mass is 10.2. The maximum absolute atomic E-state index is 12.7. The number of carbonyl (C=O) groups excluding carboxylic acids is 1. The zero-order valence-electron chi connectivity index (χ0n) is 15.7. The van der Waals surface area contributed by atoms with Crippen LogP contribution in [0, 0.1) is 0 Å². The molecule has 3 heterocycles. The molecule has 0 aliphatic carbocycles. The van der Waals surface area contributed by atoms with Crippen LogP contribution in [0.1, 0.15) is 24.6 Å². The summed E-state index contributed by atoms with van der Waals surface area (Å²) in [5.74, 6) is 0.479. The van der Waals surface area contributed by atoms with Crippen molar-refractivity contribution in [3.8, 4) is 0 Å². The number of rotatable bonds is 10. The Bertz CT molecular complexity index is 867. The highest BCUT2D eigenvalue weighted by Crippen LogP contribution is 2.27. The Morgan fingerprint density at radius 3 is 2.96 bits per heavy atom. The maximum atomic E-state index is 12.7. The van der Waals surface area contributed by atoms with Crippen LogP contribution in [-0.4, -0.2) is 65.8 Å². The number of nitrogens with zero attached hydrogens (tertiary/aromatic N) is 3.